The summed E-state index contributed by atoms with van der Waals surface area (Å²) >= 11 is 0. The summed E-state index contributed by atoms with van der Waals surface area (Å²) in [4.78, 5) is 4.78. The van der Waals surface area contributed by atoms with Crippen LogP contribution in [0, 0.1) is 0 Å². The lowest BCUT2D eigenvalue weighted by molar-refractivity contribution is -0.00918. The zero-order valence-corrected chi connectivity index (χ0v) is 6.43. The van der Waals surface area contributed by atoms with Crippen molar-refractivity contribution >= 4 is 0 Å². The number of unbranched alkanes of at least 4 members (excludes halogenated alkanes) is 1. The quantitative estimate of drug-likeness (QED) is 0.558. The molecule has 1 fully saturated rings. The maximum atomic E-state index is 2.46. The molecule has 0 amide bonds. The molecule has 2 heteroatoms. The van der Waals surface area contributed by atoms with Crippen LogP contribution < -0.4 is 0 Å². The smallest absolute Gasteiger partial charge is 0.0526 e. The number of rotatable bonds is 3. The van der Waals surface area contributed by atoms with Crippen LogP contribution in [0.5, 0.6) is 0 Å². The summed E-state index contributed by atoms with van der Waals surface area (Å²) in [6.45, 7) is 5.89. The molecule has 9 heavy (non-hydrogen) atoms. The van der Waals surface area contributed by atoms with E-state index in [0.29, 0.717) is 0 Å². The second-order valence-corrected chi connectivity index (χ2v) is 2.89. The first-order valence-electron chi connectivity index (χ1n) is 3.74. The molecule has 0 aliphatic carbocycles. The molecule has 0 bridgehead atoms. The van der Waals surface area contributed by atoms with Gasteiger partial charge in [-0.25, -0.2) is 0 Å². The SMILES string of the molecule is CCCCN1CN(C)C1. The van der Waals surface area contributed by atoms with Crippen LogP contribution >= 0.6 is 0 Å². The molecule has 0 spiro atoms. The Morgan fingerprint density at radius 1 is 1.33 bits per heavy atom. The van der Waals surface area contributed by atoms with Gasteiger partial charge in [-0.2, -0.15) is 0 Å². The minimum Gasteiger partial charge on any atom is -0.280 e. The molecule has 1 saturated heterocycles. The molecule has 0 saturated carbocycles. The Morgan fingerprint density at radius 3 is 2.44 bits per heavy atom. The molecule has 2 nitrogen and oxygen atoms in total. The van der Waals surface area contributed by atoms with E-state index in [1.165, 1.54) is 32.7 Å². The Bertz CT molecular complexity index is 77.0. The van der Waals surface area contributed by atoms with Crippen molar-refractivity contribution in [1.29, 1.82) is 0 Å². The van der Waals surface area contributed by atoms with E-state index >= 15 is 0 Å². The van der Waals surface area contributed by atoms with E-state index in [4.69, 9.17) is 0 Å². The Labute approximate surface area is 57.4 Å². The summed E-state index contributed by atoms with van der Waals surface area (Å²) in [5.74, 6) is 0. The van der Waals surface area contributed by atoms with Crippen molar-refractivity contribution < 1.29 is 0 Å². The van der Waals surface area contributed by atoms with Crippen molar-refractivity contribution in [3.63, 3.8) is 0 Å². The molecule has 0 atom stereocenters. The fourth-order valence-electron chi connectivity index (χ4n) is 1.16. The van der Waals surface area contributed by atoms with Crippen LogP contribution in [-0.4, -0.2) is 36.7 Å². The zero-order chi connectivity index (χ0) is 6.69. The van der Waals surface area contributed by atoms with Crippen molar-refractivity contribution in [2.24, 2.45) is 0 Å². The molecule has 0 aromatic heterocycles. The molecular formula is C7H16N2. The number of hydrogen-bond acceptors (Lipinski definition) is 2. The fraction of sp³-hybridized carbons (Fsp3) is 1.00. The molecule has 1 aliphatic heterocycles. The van der Waals surface area contributed by atoms with Crippen molar-refractivity contribution in [2.75, 3.05) is 26.9 Å². The Hall–Kier alpha value is -0.0800. The van der Waals surface area contributed by atoms with E-state index in [1.807, 2.05) is 0 Å². The van der Waals surface area contributed by atoms with Crippen LogP contribution in [0.15, 0.2) is 0 Å². The topological polar surface area (TPSA) is 6.48 Å². The molecule has 1 rings (SSSR count). The van der Waals surface area contributed by atoms with Crippen molar-refractivity contribution in [3.05, 3.63) is 0 Å². The summed E-state index contributed by atoms with van der Waals surface area (Å²) in [6.07, 6.45) is 2.67. The van der Waals surface area contributed by atoms with Crippen LogP contribution in [-0.2, 0) is 0 Å². The van der Waals surface area contributed by atoms with E-state index in [1.54, 1.807) is 0 Å². The predicted octanol–water partition coefficient (Wildman–Crippen LogP) is 0.949. The predicted molar refractivity (Wildman–Crippen MR) is 39.1 cm³/mol. The second kappa shape index (κ2) is 3.18. The summed E-state index contributed by atoms with van der Waals surface area (Å²) in [7, 11) is 2.16. The van der Waals surface area contributed by atoms with Gasteiger partial charge in [-0.3, -0.25) is 9.80 Å². The third-order valence-corrected chi connectivity index (χ3v) is 1.71. The number of nitrogens with zero attached hydrogens (tertiary/aromatic N) is 2. The Morgan fingerprint density at radius 2 is 2.00 bits per heavy atom. The second-order valence-electron chi connectivity index (χ2n) is 2.89. The molecule has 0 radical (unpaired) electrons. The first-order valence-corrected chi connectivity index (χ1v) is 3.74. The molecule has 1 heterocycles. The summed E-state index contributed by atoms with van der Waals surface area (Å²) in [5.41, 5.74) is 0. The zero-order valence-electron chi connectivity index (χ0n) is 6.43. The first kappa shape index (κ1) is 7.03. The summed E-state index contributed by atoms with van der Waals surface area (Å²) in [6, 6.07) is 0. The van der Waals surface area contributed by atoms with Crippen LogP contribution in [0.25, 0.3) is 0 Å². The van der Waals surface area contributed by atoms with Crippen molar-refractivity contribution in [2.45, 2.75) is 19.8 Å². The Kier molecular flexibility index (Phi) is 2.49. The first-order chi connectivity index (χ1) is 4.33. The van der Waals surface area contributed by atoms with Gasteiger partial charge in [-0.1, -0.05) is 13.3 Å². The monoisotopic (exact) mass is 128 g/mol. The summed E-state index contributed by atoms with van der Waals surface area (Å²) < 4.78 is 0. The van der Waals surface area contributed by atoms with E-state index in [-0.39, 0.29) is 0 Å². The molecule has 0 N–H and O–H groups in total. The lowest BCUT2D eigenvalue weighted by Gasteiger charge is -2.39. The highest BCUT2D eigenvalue weighted by atomic mass is 15.5. The van der Waals surface area contributed by atoms with Gasteiger partial charge >= 0.3 is 0 Å². The van der Waals surface area contributed by atoms with Crippen molar-refractivity contribution in [1.82, 2.24) is 9.80 Å². The van der Waals surface area contributed by atoms with Gasteiger partial charge < -0.3 is 0 Å². The molecule has 0 aromatic rings. The van der Waals surface area contributed by atoms with Gasteiger partial charge in [0.1, 0.15) is 0 Å². The van der Waals surface area contributed by atoms with E-state index in [2.05, 4.69) is 23.8 Å². The maximum Gasteiger partial charge on any atom is 0.0526 e. The highest BCUT2D eigenvalue weighted by molar-refractivity contribution is 4.64. The molecular weight excluding hydrogens is 112 g/mol. The van der Waals surface area contributed by atoms with Crippen molar-refractivity contribution in [3.8, 4) is 0 Å². The standard InChI is InChI=1S/C7H16N2/c1-3-4-5-9-6-8(2)7-9/h3-7H2,1-2H3. The number of hydrogen-bond donors (Lipinski definition) is 0. The molecule has 1 aliphatic rings. The average Bonchev–Trinajstić information content (AvgIpc) is 1.78. The Balaban J connectivity index is 1.91. The average molecular weight is 128 g/mol. The van der Waals surface area contributed by atoms with Crippen LogP contribution in [0.2, 0.25) is 0 Å². The third-order valence-electron chi connectivity index (χ3n) is 1.71. The molecule has 0 aromatic carbocycles. The highest BCUT2D eigenvalue weighted by Crippen LogP contribution is 2.05. The van der Waals surface area contributed by atoms with Crippen LogP contribution in [0.4, 0.5) is 0 Å². The van der Waals surface area contributed by atoms with Gasteiger partial charge in [-0.05, 0) is 13.5 Å². The van der Waals surface area contributed by atoms with E-state index < -0.39 is 0 Å². The van der Waals surface area contributed by atoms with Crippen LogP contribution in [0.1, 0.15) is 19.8 Å². The largest absolute Gasteiger partial charge is 0.280 e. The van der Waals surface area contributed by atoms with Gasteiger partial charge in [-0.15, -0.1) is 0 Å². The highest BCUT2D eigenvalue weighted by Gasteiger charge is 2.17. The van der Waals surface area contributed by atoms with E-state index in [0.717, 1.165) is 0 Å². The minimum absolute atomic E-state index is 1.18. The lowest BCUT2D eigenvalue weighted by atomic mass is 10.3. The maximum absolute atomic E-state index is 2.46. The van der Waals surface area contributed by atoms with E-state index in [9.17, 15) is 0 Å². The normalized spacial score (nSPS) is 22.0. The van der Waals surface area contributed by atoms with Gasteiger partial charge in [0.25, 0.3) is 0 Å². The minimum atomic E-state index is 1.18. The fourth-order valence-corrected chi connectivity index (χ4v) is 1.16. The third kappa shape index (κ3) is 1.95. The molecule has 0 unspecified atom stereocenters. The van der Waals surface area contributed by atoms with Crippen LogP contribution in [0.3, 0.4) is 0 Å². The van der Waals surface area contributed by atoms with Gasteiger partial charge in [0.2, 0.25) is 0 Å². The lowest BCUT2D eigenvalue weighted by Crippen LogP contribution is -2.52. The van der Waals surface area contributed by atoms with Gasteiger partial charge in [0.05, 0.1) is 13.3 Å². The molecule has 54 valence electrons. The van der Waals surface area contributed by atoms with Gasteiger partial charge in [0.15, 0.2) is 0 Å². The van der Waals surface area contributed by atoms with Gasteiger partial charge in [0, 0.05) is 6.54 Å². The summed E-state index contributed by atoms with van der Waals surface area (Å²) in [5, 5.41) is 0.